The van der Waals surface area contributed by atoms with Crippen LogP contribution in [-0.2, 0) is 105 Å². The number of amides is 11. The lowest BCUT2D eigenvalue weighted by Crippen LogP contribution is -2.36. The molecule has 0 aromatic carbocycles. The molecule has 0 aromatic heterocycles. The van der Waals surface area contributed by atoms with E-state index in [2.05, 4.69) is 16.0 Å². The minimum absolute atomic E-state index is 0.0169. The van der Waals surface area contributed by atoms with Crippen LogP contribution in [-0.4, -0.2) is 254 Å². The van der Waals surface area contributed by atoms with Crippen molar-refractivity contribution in [1.29, 1.82) is 0 Å². The maximum absolute atomic E-state index is 11.9. The van der Waals surface area contributed by atoms with Gasteiger partial charge in [0.1, 0.15) is 17.3 Å². The van der Waals surface area contributed by atoms with Gasteiger partial charge >= 0.3 is 0 Å². The molecule has 644 valence electrons. The van der Waals surface area contributed by atoms with Gasteiger partial charge < -0.3 is 53.8 Å². The molecule has 2 saturated carbocycles. The monoisotopic (exact) mass is 1580 g/mol. The summed E-state index contributed by atoms with van der Waals surface area (Å²) in [6, 6.07) is 0. The summed E-state index contributed by atoms with van der Waals surface area (Å²) in [5.41, 5.74) is 0. The van der Waals surface area contributed by atoms with Crippen LogP contribution in [0, 0.1) is 47.3 Å². The fraction of sp³-hybridized carbons (Fsp3) is 0.827. The lowest BCUT2D eigenvalue weighted by molar-refractivity contribution is -0.141. The molecule has 0 bridgehead atoms. The predicted octanol–water partition coefficient (Wildman–Crippen LogP) is 9.62. The van der Waals surface area contributed by atoms with E-state index in [0.717, 1.165) is 61.2 Å². The van der Waals surface area contributed by atoms with Gasteiger partial charge in [0, 0.05) is 145 Å². The Balaban J connectivity index is -0.000000327. The number of nitrogens with zero attached hydrogens (tertiary/aromatic N) is 4. The van der Waals surface area contributed by atoms with Crippen LogP contribution in [0.1, 0.15) is 248 Å². The second kappa shape index (κ2) is 71.7. The number of likely N-dealkylation sites (tertiary alicyclic amines) is 4. The standard InChI is InChI=1S/C20H35N3O8.C20H34N2O8.C15H23NO3.C14H21NO3.4C2H6.4CH4/c1-16-15-19(26)23(20(16)27)6-3-18(25)22-5-8-29-10-12-31-14-13-30-11-9-28-7-4-17(24)21-2;1-16-15-19(25)22(20(16)26)6-3-18(24)21-5-8-28-10-12-30-14-13-29-11-9-27-7-4-17(2)23;1-3-13(17)12-6-4-11(5-7-12)9-16-14(18)8-10(2)15(16)19;1-9-7-13(17)15(14(9)18)8-11-3-5-12(6-4-11)10(2)16;4*1-2;;;;/h16H,3-15H2,1-2H3,(H,21,24)(H,22,25);16H,3-15H2,1-2H3,(H,21,24);10-12H,3-9H2,1-2H3;9,11-12H,3-8H2,1-2H3;4*1-2H3;4*1H4/i;;;;;;;;4*1D. The average molecular weight is 1580 g/mol. The first kappa shape index (κ1) is 106. The molecule has 4 unspecified atom stereocenters. The van der Waals surface area contributed by atoms with E-state index in [4.69, 9.17) is 43.4 Å². The Morgan fingerprint density at radius 1 is 0.373 bits per heavy atom. The second-order valence-corrected chi connectivity index (χ2v) is 25.7. The maximum atomic E-state index is 11.9. The quantitative estimate of drug-likeness (QED) is 0.0377. The molecule has 6 aliphatic rings. The molecule has 0 spiro atoms. The molecule has 4 atom stereocenters. The minimum Gasteiger partial charge on any atom is -0.379 e. The lowest BCUT2D eigenvalue weighted by atomic mass is 9.79. The van der Waals surface area contributed by atoms with Crippen LogP contribution in [0.4, 0.5) is 0 Å². The number of hydrogen-bond donors (Lipinski definition) is 3. The Hall–Kier alpha value is -6.34. The summed E-state index contributed by atoms with van der Waals surface area (Å²) in [6.07, 6.45) is 10.2. The number of nitrogens with one attached hydrogen (secondary N) is 3. The fourth-order valence-corrected chi connectivity index (χ4v) is 11.6. The first-order valence-corrected chi connectivity index (χ1v) is 39.1. The van der Waals surface area contributed by atoms with E-state index in [-0.39, 0.29) is 151 Å². The van der Waals surface area contributed by atoms with Crippen molar-refractivity contribution < 1.29 is 111 Å². The highest BCUT2D eigenvalue weighted by Gasteiger charge is 2.40. The van der Waals surface area contributed by atoms with Gasteiger partial charge in [-0.3, -0.25) is 86.7 Å². The highest BCUT2D eigenvalue weighted by atomic mass is 16.6. The summed E-state index contributed by atoms with van der Waals surface area (Å²) < 4.78 is 65.6. The SMILES string of the molecule is CC.CC.CC.CC.CC(=O)C1CCC(CN2C(=O)CC(C)C2=O)CC1.CC(=O)CCOCCOCCOCCOCCNC(=O)CCN1C(=O)CC(C)C1=O.CCC(=O)C1CCC(CN2C(=O)CC(C)C2=O)CC1.CNC(=O)CCOCCOCCOCCOCCNC(=O)CCN1C(=O)CC(C)C1=O.[2H]C.[2H]C.[2H]C.[2H]C. The molecule has 6 rings (SSSR count). The van der Waals surface area contributed by atoms with Crippen LogP contribution in [0.2, 0.25) is 0 Å². The third kappa shape index (κ3) is 49.9. The largest absolute Gasteiger partial charge is 0.379 e. The molecule has 4 saturated heterocycles. The van der Waals surface area contributed by atoms with Crippen LogP contribution in [0.3, 0.4) is 0 Å². The zero-order valence-electron chi connectivity index (χ0n) is 75.5. The van der Waals surface area contributed by atoms with Gasteiger partial charge in [-0.25, -0.2) is 0 Å². The second-order valence-electron chi connectivity index (χ2n) is 25.7. The van der Waals surface area contributed by atoms with E-state index in [1.807, 2.05) is 76.2 Å². The molecule has 11 amide bonds. The number of ether oxygens (including phenoxy) is 8. The Morgan fingerprint density at radius 2 is 0.636 bits per heavy atom. The number of rotatable bonds is 43. The third-order valence-electron chi connectivity index (χ3n) is 17.7. The molecule has 110 heavy (non-hydrogen) atoms. The van der Waals surface area contributed by atoms with Gasteiger partial charge in [0.05, 0.1) is 106 Å². The lowest BCUT2D eigenvalue weighted by Gasteiger charge is -2.29. The summed E-state index contributed by atoms with van der Waals surface area (Å²) in [4.78, 5) is 167. The van der Waals surface area contributed by atoms with Crippen molar-refractivity contribution in [3.63, 3.8) is 0 Å². The van der Waals surface area contributed by atoms with Crippen LogP contribution < -0.4 is 16.0 Å². The summed E-state index contributed by atoms with van der Waals surface area (Å²) >= 11 is 0. The molecule has 4 aliphatic heterocycles. The number of Topliss-reactive ketones (excluding diaryl/α,β-unsaturated/α-hetero) is 3. The Labute approximate surface area is 667 Å². The van der Waals surface area contributed by atoms with Crippen LogP contribution in [0.25, 0.3) is 0 Å². The van der Waals surface area contributed by atoms with Crippen molar-refractivity contribution in [3.8, 4) is 0 Å². The van der Waals surface area contributed by atoms with E-state index in [1.165, 1.54) is 46.3 Å². The molecule has 29 heteroatoms. The first-order chi connectivity index (χ1) is 54.9. The molecule has 0 radical (unpaired) electrons. The first-order valence-electron chi connectivity index (χ1n) is 43.1. The van der Waals surface area contributed by atoms with Crippen LogP contribution in [0.5, 0.6) is 0 Å². The van der Waals surface area contributed by atoms with Crippen molar-refractivity contribution in [2.24, 2.45) is 47.3 Å². The van der Waals surface area contributed by atoms with Crippen molar-refractivity contribution in [3.05, 3.63) is 0 Å². The number of ketones is 3. The number of imide groups is 4. The van der Waals surface area contributed by atoms with Crippen LogP contribution >= 0.6 is 0 Å². The summed E-state index contributed by atoms with van der Waals surface area (Å²) in [5.74, 6) is -0.394. The normalized spacial score (nSPS) is 20.4. The number of hydrogen-bond acceptors (Lipinski definition) is 22. The summed E-state index contributed by atoms with van der Waals surface area (Å²) in [7, 11) is 6.59. The van der Waals surface area contributed by atoms with E-state index < -0.39 is 0 Å². The molecule has 4 heterocycles. The zero-order valence-corrected chi connectivity index (χ0v) is 71.5. The fourth-order valence-electron chi connectivity index (χ4n) is 11.6. The zero-order chi connectivity index (χ0) is 88.4. The molecular formula is C81H153N7O22. The van der Waals surface area contributed by atoms with Crippen molar-refractivity contribution in [2.45, 2.75) is 243 Å². The van der Waals surface area contributed by atoms with Crippen LogP contribution in [0.15, 0.2) is 0 Å². The smallest absolute Gasteiger partial charge is 0.232 e. The number of carbonyl (C=O) groups is 14. The van der Waals surface area contributed by atoms with E-state index in [0.29, 0.717) is 182 Å². The van der Waals surface area contributed by atoms with Gasteiger partial charge in [-0.05, 0) is 77.0 Å². The Morgan fingerprint density at radius 3 is 0.891 bits per heavy atom. The Kier molecular flexibility index (Phi) is 68.9. The highest BCUT2D eigenvalue weighted by Crippen LogP contribution is 2.33. The van der Waals surface area contributed by atoms with Gasteiger partial charge in [0.15, 0.2) is 0 Å². The average Bonchev–Trinajstić information content (AvgIpc) is 1.70. The van der Waals surface area contributed by atoms with Gasteiger partial charge in [-0.2, -0.15) is 0 Å². The van der Waals surface area contributed by atoms with Crippen molar-refractivity contribution in [2.75, 3.05) is 152 Å². The molecule has 29 nitrogen and oxygen atoms in total. The van der Waals surface area contributed by atoms with Gasteiger partial charge in [0.25, 0.3) is 0 Å². The van der Waals surface area contributed by atoms with E-state index in [9.17, 15) is 67.1 Å². The molecule has 2 aliphatic carbocycles. The van der Waals surface area contributed by atoms with Crippen molar-refractivity contribution in [1.82, 2.24) is 35.6 Å². The third-order valence-corrected chi connectivity index (χ3v) is 17.7. The molecule has 0 aromatic rings. The summed E-state index contributed by atoms with van der Waals surface area (Å²) in [6.45, 7) is 36.9. The van der Waals surface area contributed by atoms with Crippen molar-refractivity contribution >= 4 is 82.3 Å². The molecule has 3 N–H and O–H groups in total. The van der Waals surface area contributed by atoms with E-state index >= 15 is 0 Å². The minimum atomic E-state index is -0.293. The van der Waals surface area contributed by atoms with E-state index in [1.54, 1.807) is 27.8 Å². The maximum Gasteiger partial charge on any atom is 0.232 e. The van der Waals surface area contributed by atoms with Gasteiger partial charge in [-0.15, -0.1) is 0 Å². The topological polar surface area (TPSA) is 362 Å². The van der Waals surface area contributed by atoms with Gasteiger partial charge in [-0.1, -0.05) is 120 Å². The summed E-state index contributed by atoms with van der Waals surface area (Å²) in [5, 5.41) is 7.90. The number of carbonyl (C=O) groups excluding carboxylic acids is 14. The highest BCUT2D eigenvalue weighted by molar-refractivity contribution is 6.05. The molecule has 6 fully saturated rings. The van der Waals surface area contributed by atoms with Gasteiger partial charge in [0.2, 0.25) is 65.0 Å². The predicted molar refractivity (Wildman–Crippen MR) is 427 cm³/mol. The molecular weight excluding hydrogens is 1420 g/mol. The Bertz CT molecular complexity index is 2590.